The zero-order valence-corrected chi connectivity index (χ0v) is 18.0. The summed E-state index contributed by atoms with van der Waals surface area (Å²) in [6.45, 7) is 5.52. The maximum Gasteiger partial charge on any atom is 0.243 e. The predicted octanol–water partition coefficient (Wildman–Crippen LogP) is 1.80. The Labute approximate surface area is 162 Å². The summed E-state index contributed by atoms with van der Waals surface area (Å²) in [6.07, 6.45) is 5.26. The highest BCUT2D eigenvalue weighted by Crippen LogP contribution is 1.90. The van der Waals surface area contributed by atoms with Crippen LogP contribution in [0, 0.1) is 0 Å². The van der Waals surface area contributed by atoms with Gasteiger partial charge in [-0.15, -0.1) is 24.0 Å². The van der Waals surface area contributed by atoms with Crippen molar-refractivity contribution in [3.05, 3.63) is 0 Å². The van der Waals surface area contributed by atoms with Gasteiger partial charge in [0.15, 0.2) is 5.96 Å². The standard InChI is InChI=1S/C15H32N4O2S.HI/c1-5-6-10-21-11-7-8-16-15(17-9-12-22-4)18-13-14(20)19(2)3;/h5-13H2,1-4H3,(H2,16,17,18);1H. The van der Waals surface area contributed by atoms with Crippen molar-refractivity contribution < 1.29 is 9.53 Å². The molecule has 8 heteroatoms. The van der Waals surface area contributed by atoms with Crippen molar-refractivity contribution in [2.75, 3.05) is 59.0 Å². The Balaban J connectivity index is 0. The van der Waals surface area contributed by atoms with E-state index >= 15 is 0 Å². The summed E-state index contributed by atoms with van der Waals surface area (Å²) < 4.78 is 5.52. The first kappa shape index (κ1) is 25.0. The summed E-state index contributed by atoms with van der Waals surface area (Å²) in [7, 11) is 3.47. The largest absolute Gasteiger partial charge is 0.381 e. The molecule has 6 nitrogen and oxygen atoms in total. The lowest BCUT2D eigenvalue weighted by molar-refractivity contribution is -0.127. The molecular formula is C15H33IN4O2S. The van der Waals surface area contributed by atoms with E-state index in [1.165, 1.54) is 0 Å². The Morgan fingerprint density at radius 1 is 1.17 bits per heavy atom. The fourth-order valence-corrected chi connectivity index (χ4v) is 1.77. The topological polar surface area (TPSA) is 66.0 Å². The van der Waals surface area contributed by atoms with Gasteiger partial charge in [-0.2, -0.15) is 11.8 Å². The van der Waals surface area contributed by atoms with Gasteiger partial charge in [0, 0.05) is 46.2 Å². The molecule has 0 radical (unpaired) electrons. The minimum atomic E-state index is -0.00568. The normalized spacial score (nSPS) is 10.9. The highest BCUT2D eigenvalue weighted by atomic mass is 127. The lowest BCUT2D eigenvalue weighted by atomic mass is 10.4. The molecule has 138 valence electrons. The molecule has 0 bridgehead atoms. The smallest absolute Gasteiger partial charge is 0.243 e. The molecule has 0 fully saturated rings. The number of carbonyl (C=O) groups excluding carboxylic acids is 1. The zero-order valence-electron chi connectivity index (χ0n) is 14.9. The van der Waals surface area contributed by atoms with Gasteiger partial charge in [0.1, 0.15) is 6.54 Å². The molecule has 0 aromatic rings. The van der Waals surface area contributed by atoms with Crippen LogP contribution in [-0.2, 0) is 9.53 Å². The molecule has 0 aromatic heterocycles. The number of carbonyl (C=O) groups is 1. The van der Waals surface area contributed by atoms with E-state index in [2.05, 4.69) is 28.8 Å². The number of likely N-dealkylation sites (N-methyl/N-ethyl adjacent to an activating group) is 1. The summed E-state index contributed by atoms with van der Waals surface area (Å²) in [6, 6.07) is 0. The quantitative estimate of drug-likeness (QED) is 0.201. The number of thioether (sulfide) groups is 1. The molecular weight excluding hydrogens is 427 g/mol. The molecule has 1 amide bonds. The second-order valence-corrected chi connectivity index (χ2v) is 6.10. The molecule has 0 saturated carbocycles. The van der Waals surface area contributed by atoms with E-state index in [0.29, 0.717) is 5.96 Å². The van der Waals surface area contributed by atoms with Crippen LogP contribution >= 0.6 is 35.7 Å². The van der Waals surface area contributed by atoms with Gasteiger partial charge < -0.3 is 20.3 Å². The molecule has 2 N–H and O–H groups in total. The number of ether oxygens (including phenoxy) is 1. The predicted molar refractivity (Wildman–Crippen MR) is 111 cm³/mol. The minimum Gasteiger partial charge on any atom is -0.381 e. The maximum atomic E-state index is 11.6. The number of amides is 1. The van der Waals surface area contributed by atoms with Crippen LogP contribution in [0.15, 0.2) is 4.99 Å². The van der Waals surface area contributed by atoms with Crippen molar-refractivity contribution in [3.63, 3.8) is 0 Å². The molecule has 0 aliphatic rings. The van der Waals surface area contributed by atoms with Crippen LogP contribution in [-0.4, -0.2) is 75.7 Å². The van der Waals surface area contributed by atoms with E-state index in [4.69, 9.17) is 4.74 Å². The van der Waals surface area contributed by atoms with E-state index in [0.717, 1.165) is 51.3 Å². The summed E-state index contributed by atoms with van der Waals surface area (Å²) in [5, 5.41) is 6.48. The molecule has 0 atom stereocenters. The summed E-state index contributed by atoms with van der Waals surface area (Å²) in [5.74, 6) is 1.69. The Bertz CT molecular complexity index is 318. The van der Waals surface area contributed by atoms with Crippen LogP contribution in [0.2, 0.25) is 0 Å². The average molecular weight is 460 g/mol. The molecule has 0 spiro atoms. The molecule has 0 aliphatic carbocycles. The summed E-state index contributed by atoms with van der Waals surface area (Å²) in [4.78, 5) is 17.5. The number of unbranched alkanes of at least 4 members (excludes halogenated alkanes) is 1. The number of halogens is 1. The third-order valence-corrected chi connectivity index (χ3v) is 3.48. The lowest BCUT2D eigenvalue weighted by Crippen LogP contribution is -2.40. The number of nitrogens with one attached hydrogen (secondary N) is 2. The fourth-order valence-electron chi connectivity index (χ4n) is 1.46. The Hall–Kier alpha value is -0.220. The summed E-state index contributed by atoms with van der Waals surface area (Å²) >= 11 is 1.77. The highest BCUT2D eigenvalue weighted by Gasteiger charge is 2.04. The van der Waals surface area contributed by atoms with Crippen molar-refractivity contribution in [2.24, 2.45) is 4.99 Å². The van der Waals surface area contributed by atoms with Gasteiger partial charge >= 0.3 is 0 Å². The average Bonchev–Trinajstić information content (AvgIpc) is 2.50. The van der Waals surface area contributed by atoms with Gasteiger partial charge in [0.2, 0.25) is 5.91 Å². The SMILES string of the molecule is CCCCOCCCNC(=NCC(=O)N(C)C)NCCSC.I. The van der Waals surface area contributed by atoms with Crippen molar-refractivity contribution in [1.29, 1.82) is 0 Å². The van der Waals surface area contributed by atoms with Crippen LogP contribution < -0.4 is 10.6 Å². The van der Waals surface area contributed by atoms with Crippen LogP contribution in [0.1, 0.15) is 26.2 Å². The molecule has 0 aromatic carbocycles. The minimum absolute atomic E-state index is 0. The molecule has 0 aliphatic heterocycles. The van der Waals surface area contributed by atoms with Gasteiger partial charge in [-0.3, -0.25) is 4.79 Å². The monoisotopic (exact) mass is 460 g/mol. The molecule has 0 saturated heterocycles. The number of hydrogen-bond donors (Lipinski definition) is 2. The highest BCUT2D eigenvalue weighted by molar-refractivity contribution is 14.0. The second kappa shape index (κ2) is 18.1. The zero-order chi connectivity index (χ0) is 16.6. The Morgan fingerprint density at radius 3 is 2.43 bits per heavy atom. The maximum absolute atomic E-state index is 11.6. The van der Waals surface area contributed by atoms with Crippen molar-refractivity contribution in [1.82, 2.24) is 15.5 Å². The molecule has 23 heavy (non-hydrogen) atoms. The van der Waals surface area contributed by atoms with Gasteiger partial charge in [-0.05, 0) is 19.1 Å². The van der Waals surface area contributed by atoms with Crippen LogP contribution in [0.5, 0.6) is 0 Å². The number of guanidine groups is 1. The number of nitrogens with zero attached hydrogens (tertiary/aromatic N) is 2. The first-order valence-corrected chi connectivity index (χ1v) is 9.30. The summed E-state index contributed by atoms with van der Waals surface area (Å²) in [5.41, 5.74) is 0. The van der Waals surface area contributed by atoms with E-state index in [-0.39, 0.29) is 36.4 Å². The second-order valence-electron chi connectivity index (χ2n) is 5.12. The number of rotatable bonds is 12. The third kappa shape index (κ3) is 16.4. The van der Waals surface area contributed by atoms with Crippen molar-refractivity contribution in [3.8, 4) is 0 Å². The number of hydrogen-bond acceptors (Lipinski definition) is 4. The fraction of sp³-hybridized carbons (Fsp3) is 0.867. The molecule has 0 heterocycles. The van der Waals surface area contributed by atoms with Gasteiger partial charge in [-0.25, -0.2) is 4.99 Å². The third-order valence-electron chi connectivity index (χ3n) is 2.87. The van der Waals surface area contributed by atoms with Gasteiger partial charge in [-0.1, -0.05) is 13.3 Å². The van der Waals surface area contributed by atoms with Crippen LogP contribution in [0.25, 0.3) is 0 Å². The van der Waals surface area contributed by atoms with Crippen molar-refractivity contribution >= 4 is 47.6 Å². The Morgan fingerprint density at radius 2 is 1.83 bits per heavy atom. The van der Waals surface area contributed by atoms with E-state index in [1.807, 2.05) is 0 Å². The van der Waals surface area contributed by atoms with E-state index in [9.17, 15) is 4.79 Å². The number of aliphatic imine (C=N–C) groups is 1. The van der Waals surface area contributed by atoms with E-state index in [1.54, 1.807) is 30.8 Å². The van der Waals surface area contributed by atoms with E-state index < -0.39 is 0 Å². The first-order chi connectivity index (χ1) is 10.6. The lowest BCUT2D eigenvalue weighted by Gasteiger charge is -2.13. The molecule has 0 unspecified atom stereocenters. The van der Waals surface area contributed by atoms with Gasteiger partial charge in [0.25, 0.3) is 0 Å². The van der Waals surface area contributed by atoms with Gasteiger partial charge in [0.05, 0.1) is 0 Å². The molecule has 0 rings (SSSR count). The first-order valence-electron chi connectivity index (χ1n) is 7.90. The van der Waals surface area contributed by atoms with Crippen LogP contribution in [0.3, 0.4) is 0 Å². The van der Waals surface area contributed by atoms with Crippen molar-refractivity contribution in [2.45, 2.75) is 26.2 Å². The van der Waals surface area contributed by atoms with Crippen LogP contribution in [0.4, 0.5) is 0 Å². The Kier molecular flexibility index (Phi) is 19.7.